The number of sulfonamides is 1. The molecule has 1 N–H and O–H groups in total. The zero-order chi connectivity index (χ0) is 15.0. The Balaban J connectivity index is 1.85. The number of nitrogens with one attached hydrogen (secondary N) is 1. The summed E-state index contributed by atoms with van der Waals surface area (Å²) in [5.74, 6) is -0.405. The normalized spacial score (nSPS) is 12.1. The highest BCUT2D eigenvalue weighted by Gasteiger charge is 2.18. The van der Waals surface area contributed by atoms with E-state index in [1.54, 1.807) is 7.05 Å². The Labute approximate surface area is 120 Å². The quantitative estimate of drug-likeness (QED) is 0.797. The molecule has 0 spiro atoms. The number of aromatic nitrogens is 2. The van der Waals surface area contributed by atoms with Crippen molar-refractivity contribution < 1.29 is 17.2 Å². The van der Waals surface area contributed by atoms with Crippen LogP contribution < -0.4 is 4.72 Å². The van der Waals surface area contributed by atoms with Crippen LogP contribution in [-0.4, -0.2) is 18.2 Å². The Morgan fingerprint density at radius 2 is 2.19 bits per heavy atom. The van der Waals surface area contributed by atoms with Crippen molar-refractivity contribution in [2.24, 2.45) is 7.05 Å². The van der Waals surface area contributed by atoms with E-state index in [0.717, 1.165) is 0 Å². The molecule has 6 nitrogen and oxygen atoms in total. The number of nitrogens with zero attached hydrogens (tertiary/aromatic N) is 2. The van der Waals surface area contributed by atoms with E-state index >= 15 is 0 Å². The molecular formula is C13H12FN3O3S. The van der Waals surface area contributed by atoms with Gasteiger partial charge in [0.25, 0.3) is 10.0 Å². The monoisotopic (exact) mass is 309 g/mol. The van der Waals surface area contributed by atoms with Crippen LogP contribution in [0, 0.1) is 5.82 Å². The fourth-order valence-corrected chi connectivity index (χ4v) is 2.94. The SMILES string of the molecule is Cn1ccc(S(=O)(=O)NCc2coc3ccc(F)cc23)n1. The maximum atomic E-state index is 13.2. The number of rotatable bonds is 4. The van der Waals surface area contributed by atoms with Crippen molar-refractivity contribution in [1.29, 1.82) is 0 Å². The van der Waals surface area contributed by atoms with Crippen molar-refractivity contribution in [2.75, 3.05) is 0 Å². The molecule has 0 atom stereocenters. The molecule has 3 rings (SSSR count). The number of hydrogen-bond donors (Lipinski definition) is 1. The fourth-order valence-electron chi connectivity index (χ4n) is 1.97. The second kappa shape index (κ2) is 4.97. The van der Waals surface area contributed by atoms with Gasteiger partial charge >= 0.3 is 0 Å². The molecule has 110 valence electrons. The first-order chi connectivity index (χ1) is 9.95. The van der Waals surface area contributed by atoms with Gasteiger partial charge in [0.05, 0.1) is 6.26 Å². The highest BCUT2D eigenvalue weighted by Crippen LogP contribution is 2.22. The maximum Gasteiger partial charge on any atom is 0.260 e. The molecule has 0 bridgehead atoms. The van der Waals surface area contributed by atoms with Gasteiger partial charge in [-0.25, -0.2) is 17.5 Å². The minimum absolute atomic E-state index is 0.00460. The van der Waals surface area contributed by atoms with Crippen LogP contribution in [0.3, 0.4) is 0 Å². The molecule has 0 saturated heterocycles. The van der Waals surface area contributed by atoms with Crippen molar-refractivity contribution in [1.82, 2.24) is 14.5 Å². The Bertz CT molecular complexity index is 898. The average molecular weight is 309 g/mol. The summed E-state index contributed by atoms with van der Waals surface area (Å²) in [5, 5.41) is 4.32. The van der Waals surface area contributed by atoms with Crippen LogP contribution in [0.2, 0.25) is 0 Å². The number of benzene rings is 1. The summed E-state index contributed by atoms with van der Waals surface area (Å²) in [6, 6.07) is 5.49. The van der Waals surface area contributed by atoms with E-state index in [1.807, 2.05) is 0 Å². The fraction of sp³-hybridized carbons (Fsp3) is 0.154. The predicted molar refractivity (Wildman–Crippen MR) is 73.4 cm³/mol. The van der Waals surface area contributed by atoms with Crippen LogP contribution in [-0.2, 0) is 23.6 Å². The summed E-state index contributed by atoms with van der Waals surface area (Å²) in [7, 11) is -2.08. The lowest BCUT2D eigenvalue weighted by Gasteiger charge is -2.02. The molecule has 0 aliphatic heterocycles. The first kappa shape index (κ1) is 13.8. The molecule has 0 radical (unpaired) electrons. The smallest absolute Gasteiger partial charge is 0.260 e. The summed E-state index contributed by atoms with van der Waals surface area (Å²) >= 11 is 0. The van der Waals surface area contributed by atoms with Crippen molar-refractivity contribution in [3.63, 3.8) is 0 Å². The summed E-state index contributed by atoms with van der Waals surface area (Å²) < 4.78 is 46.4. The van der Waals surface area contributed by atoms with Gasteiger partial charge in [-0.1, -0.05) is 0 Å². The first-order valence-corrected chi connectivity index (χ1v) is 7.59. The molecule has 0 aliphatic rings. The van der Waals surface area contributed by atoms with E-state index in [1.165, 1.54) is 41.4 Å². The van der Waals surface area contributed by atoms with Crippen LogP contribution in [0.25, 0.3) is 11.0 Å². The lowest BCUT2D eigenvalue weighted by molar-refractivity contribution is 0.571. The maximum absolute atomic E-state index is 13.2. The summed E-state index contributed by atoms with van der Waals surface area (Å²) in [4.78, 5) is 0. The third-order valence-corrected chi connectivity index (χ3v) is 4.33. The Hall–Kier alpha value is -2.19. The molecule has 0 unspecified atom stereocenters. The summed E-state index contributed by atoms with van der Waals surface area (Å²) in [6.07, 6.45) is 2.95. The number of halogens is 1. The van der Waals surface area contributed by atoms with Gasteiger partial charge in [0.2, 0.25) is 0 Å². The third kappa shape index (κ3) is 2.67. The zero-order valence-electron chi connectivity index (χ0n) is 11.1. The predicted octanol–water partition coefficient (Wildman–Crippen LogP) is 1.78. The van der Waals surface area contributed by atoms with E-state index in [-0.39, 0.29) is 11.6 Å². The van der Waals surface area contributed by atoms with Crippen LogP contribution >= 0.6 is 0 Å². The largest absolute Gasteiger partial charge is 0.464 e. The minimum atomic E-state index is -3.71. The van der Waals surface area contributed by atoms with E-state index in [9.17, 15) is 12.8 Å². The molecule has 8 heteroatoms. The molecule has 2 aromatic heterocycles. The van der Waals surface area contributed by atoms with E-state index in [0.29, 0.717) is 16.5 Å². The highest BCUT2D eigenvalue weighted by molar-refractivity contribution is 7.89. The van der Waals surface area contributed by atoms with Crippen LogP contribution in [0.15, 0.2) is 46.2 Å². The highest BCUT2D eigenvalue weighted by atomic mass is 32.2. The second-order valence-electron chi connectivity index (χ2n) is 4.55. The lowest BCUT2D eigenvalue weighted by Crippen LogP contribution is -2.23. The van der Waals surface area contributed by atoms with Crippen molar-refractivity contribution in [3.05, 3.63) is 48.1 Å². The molecule has 0 aliphatic carbocycles. The standard InChI is InChI=1S/C13H12FN3O3S/c1-17-5-4-13(16-17)21(18,19)15-7-9-8-20-12-3-2-10(14)6-11(9)12/h2-6,8,15H,7H2,1H3. The van der Waals surface area contributed by atoms with E-state index in [2.05, 4.69) is 9.82 Å². The average Bonchev–Trinajstić information content (AvgIpc) is 3.03. The molecule has 0 saturated carbocycles. The topological polar surface area (TPSA) is 77.1 Å². The number of furan rings is 1. The Kier molecular flexibility index (Phi) is 3.26. The molecule has 1 aromatic carbocycles. The molecule has 0 fully saturated rings. The lowest BCUT2D eigenvalue weighted by atomic mass is 10.2. The van der Waals surface area contributed by atoms with Gasteiger partial charge in [0, 0.05) is 30.7 Å². The Morgan fingerprint density at radius 3 is 2.90 bits per heavy atom. The van der Waals surface area contributed by atoms with Gasteiger partial charge in [-0.05, 0) is 24.3 Å². The molecule has 21 heavy (non-hydrogen) atoms. The molecule has 0 amide bonds. The van der Waals surface area contributed by atoms with Gasteiger partial charge in [-0.2, -0.15) is 5.10 Å². The van der Waals surface area contributed by atoms with Crippen LogP contribution in [0.1, 0.15) is 5.56 Å². The summed E-state index contributed by atoms with van der Waals surface area (Å²) in [6.45, 7) is -0.00460. The third-order valence-electron chi connectivity index (χ3n) is 3.03. The van der Waals surface area contributed by atoms with E-state index in [4.69, 9.17) is 4.42 Å². The first-order valence-electron chi connectivity index (χ1n) is 6.11. The second-order valence-corrected chi connectivity index (χ2v) is 6.27. The summed E-state index contributed by atoms with van der Waals surface area (Å²) in [5.41, 5.74) is 1.06. The molecular weight excluding hydrogens is 297 g/mol. The van der Waals surface area contributed by atoms with Crippen LogP contribution in [0.5, 0.6) is 0 Å². The van der Waals surface area contributed by atoms with Gasteiger partial charge in [-0.15, -0.1) is 0 Å². The number of aryl methyl sites for hydroxylation is 1. The van der Waals surface area contributed by atoms with Crippen molar-refractivity contribution in [3.8, 4) is 0 Å². The van der Waals surface area contributed by atoms with Crippen molar-refractivity contribution in [2.45, 2.75) is 11.6 Å². The molecule has 2 heterocycles. The van der Waals surface area contributed by atoms with E-state index < -0.39 is 15.8 Å². The molecule has 3 aromatic rings. The van der Waals surface area contributed by atoms with Gasteiger partial charge in [0.15, 0.2) is 5.03 Å². The zero-order valence-corrected chi connectivity index (χ0v) is 11.9. The van der Waals surface area contributed by atoms with Crippen LogP contribution in [0.4, 0.5) is 4.39 Å². The van der Waals surface area contributed by atoms with Gasteiger partial charge in [0.1, 0.15) is 11.4 Å². The minimum Gasteiger partial charge on any atom is -0.464 e. The van der Waals surface area contributed by atoms with Crippen molar-refractivity contribution >= 4 is 21.0 Å². The number of hydrogen-bond acceptors (Lipinski definition) is 4. The van der Waals surface area contributed by atoms with Gasteiger partial charge < -0.3 is 4.42 Å². The van der Waals surface area contributed by atoms with Gasteiger partial charge in [-0.3, -0.25) is 4.68 Å². The Morgan fingerprint density at radius 1 is 1.38 bits per heavy atom. The number of fused-ring (bicyclic) bond motifs is 1.